The SMILES string of the molecule is O=C(/C=C/c1ccccc1)N[C@H]1COC[C@H]1O. The molecular formula is C13H15NO3. The lowest BCUT2D eigenvalue weighted by atomic mass is 10.2. The Bertz CT molecular complexity index is 402. The first kappa shape index (κ1) is 11.8. The summed E-state index contributed by atoms with van der Waals surface area (Å²) in [5, 5.41) is 12.2. The lowest BCUT2D eigenvalue weighted by Crippen LogP contribution is -2.41. The fourth-order valence-electron chi connectivity index (χ4n) is 1.65. The molecule has 1 amide bonds. The van der Waals surface area contributed by atoms with E-state index in [1.54, 1.807) is 6.08 Å². The zero-order chi connectivity index (χ0) is 12.1. The molecule has 0 bridgehead atoms. The van der Waals surface area contributed by atoms with Gasteiger partial charge < -0.3 is 15.2 Å². The second-order valence-electron chi connectivity index (χ2n) is 3.96. The predicted molar refractivity (Wildman–Crippen MR) is 64.2 cm³/mol. The summed E-state index contributed by atoms with van der Waals surface area (Å²) in [4.78, 5) is 11.6. The molecule has 1 aromatic rings. The zero-order valence-corrected chi connectivity index (χ0v) is 9.37. The van der Waals surface area contributed by atoms with Crippen LogP contribution in [-0.4, -0.2) is 36.4 Å². The summed E-state index contributed by atoms with van der Waals surface area (Å²) in [6.07, 6.45) is 2.59. The van der Waals surface area contributed by atoms with Crippen molar-refractivity contribution in [2.45, 2.75) is 12.1 Å². The molecular weight excluding hydrogens is 218 g/mol. The van der Waals surface area contributed by atoms with E-state index in [0.29, 0.717) is 6.61 Å². The molecule has 1 aliphatic heterocycles. The van der Waals surface area contributed by atoms with Gasteiger partial charge in [-0.05, 0) is 11.6 Å². The van der Waals surface area contributed by atoms with Gasteiger partial charge in [0.25, 0.3) is 0 Å². The van der Waals surface area contributed by atoms with E-state index >= 15 is 0 Å². The fraction of sp³-hybridized carbons (Fsp3) is 0.308. The van der Waals surface area contributed by atoms with Gasteiger partial charge in [-0.3, -0.25) is 4.79 Å². The number of nitrogens with one attached hydrogen (secondary N) is 1. The number of carbonyl (C=O) groups is 1. The number of aliphatic hydroxyl groups excluding tert-OH is 1. The lowest BCUT2D eigenvalue weighted by molar-refractivity contribution is -0.117. The van der Waals surface area contributed by atoms with Crippen molar-refractivity contribution in [1.82, 2.24) is 5.32 Å². The Kier molecular flexibility index (Phi) is 3.90. The summed E-state index contributed by atoms with van der Waals surface area (Å²) in [6.45, 7) is 0.652. The molecule has 0 aliphatic carbocycles. The van der Waals surface area contributed by atoms with E-state index in [0.717, 1.165) is 5.56 Å². The number of amides is 1. The molecule has 1 heterocycles. The van der Waals surface area contributed by atoms with Crippen LogP contribution in [0, 0.1) is 0 Å². The topological polar surface area (TPSA) is 58.6 Å². The molecule has 1 saturated heterocycles. The summed E-state index contributed by atoms with van der Waals surface area (Å²) in [5.41, 5.74) is 0.964. The summed E-state index contributed by atoms with van der Waals surface area (Å²) < 4.78 is 5.04. The third kappa shape index (κ3) is 3.41. The number of hydrogen-bond donors (Lipinski definition) is 2. The largest absolute Gasteiger partial charge is 0.388 e. The Hall–Kier alpha value is -1.65. The number of hydrogen-bond acceptors (Lipinski definition) is 3. The van der Waals surface area contributed by atoms with Crippen molar-refractivity contribution in [3.8, 4) is 0 Å². The van der Waals surface area contributed by atoms with Gasteiger partial charge in [0.2, 0.25) is 5.91 Å². The van der Waals surface area contributed by atoms with Crippen LogP contribution in [-0.2, 0) is 9.53 Å². The van der Waals surface area contributed by atoms with E-state index in [9.17, 15) is 9.90 Å². The van der Waals surface area contributed by atoms with Crippen molar-refractivity contribution in [2.24, 2.45) is 0 Å². The molecule has 2 atom stereocenters. The Morgan fingerprint density at radius 3 is 2.76 bits per heavy atom. The van der Waals surface area contributed by atoms with Gasteiger partial charge >= 0.3 is 0 Å². The van der Waals surface area contributed by atoms with Gasteiger partial charge in [-0.2, -0.15) is 0 Å². The van der Waals surface area contributed by atoms with Crippen LogP contribution in [0.15, 0.2) is 36.4 Å². The van der Waals surface area contributed by atoms with E-state index in [2.05, 4.69) is 5.32 Å². The maximum atomic E-state index is 11.6. The number of rotatable bonds is 3. The maximum Gasteiger partial charge on any atom is 0.244 e. The minimum absolute atomic E-state index is 0.219. The van der Waals surface area contributed by atoms with Crippen LogP contribution < -0.4 is 5.32 Å². The van der Waals surface area contributed by atoms with Crippen LogP contribution in [0.1, 0.15) is 5.56 Å². The van der Waals surface area contributed by atoms with Gasteiger partial charge in [-0.25, -0.2) is 0 Å². The second-order valence-corrected chi connectivity index (χ2v) is 3.96. The van der Waals surface area contributed by atoms with Crippen LogP contribution >= 0.6 is 0 Å². The van der Waals surface area contributed by atoms with Crippen LogP contribution in [0.4, 0.5) is 0 Å². The standard InChI is InChI=1S/C13H15NO3/c15-12-9-17-8-11(12)14-13(16)7-6-10-4-2-1-3-5-10/h1-7,11-12,15H,8-9H2,(H,14,16)/b7-6+/t11-,12+/m0/s1. The first-order valence-corrected chi connectivity index (χ1v) is 5.55. The maximum absolute atomic E-state index is 11.6. The molecule has 0 aromatic heterocycles. The fourth-order valence-corrected chi connectivity index (χ4v) is 1.65. The summed E-state index contributed by atoms with van der Waals surface area (Å²) in [5.74, 6) is -0.219. The number of ether oxygens (including phenoxy) is 1. The third-order valence-corrected chi connectivity index (χ3v) is 2.60. The highest BCUT2D eigenvalue weighted by atomic mass is 16.5. The molecule has 0 spiro atoms. The highest BCUT2D eigenvalue weighted by Crippen LogP contribution is 2.05. The Balaban J connectivity index is 1.87. The monoisotopic (exact) mass is 233 g/mol. The molecule has 0 radical (unpaired) electrons. The molecule has 2 rings (SSSR count). The number of carbonyl (C=O) groups excluding carboxylic acids is 1. The van der Waals surface area contributed by atoms with E-state index in [4.69, 9.17) is 4.74 Å². The molecule has 4 nitrogen and oxygen atoms in total. The molecule has 0 saturated carbocycles. The van der Waals surface area contributed by atoms with Gasteiger partial charge in [0, 0.05) is 6.08 Å². The van der Waals surface area contributed by atoms with Gasteiger partial charge in [0.1, 0.15) is 0 Å². The lowest BCUT2D eigenvalue weighted by Gasteiger charge is -2.12. The first-order chi connectivity index (χ1) is 8.25. The van der Waals surface area contributed by atoms with Crippen LogP contribution in [0.25, 0.3) is 6.08 Å². The third-order valence-electron chi connectivity index (χ3n) is 2.60. The van der Waals surface area contributed by atoms with E-state index in [-0.39, 0.29) is 18.6 Å². The normalized spacial score (nSPS) is 24.1. The summed E-state index contributed by atoms with van der Waals surface area (Å²) >= 11 is 0. The van der Waals surface area contributed by atoms with E-state index < -0.39 is 6.10 Å². The molecule has 0 unspecified atom stereocenters. The first-order valence-electron chi connectivity index (χ1n) is 5.55. The van der Waals surface area contributed by atoms with E-state index in [1.165, 1.54) is 6.08 Å². The van der Waals surface area contributed by atoms with Gasteiger partial charge in [0.05, 0.1) is 25.4 Å². The molecule has 1 fully saturated rings. The minimum Gasteiger partial charge on any atom is -0.388 e. The average Bonchev–Trinajstić information content (AvgIpc) is 2.74. The quantitative estimate of drug-likeness (QED) is 0.751. The average molecular weight is 233 g/mol. The Morgan fingerprint density at radius 1 is 1.35 bits per heavy atom. The predicted octanol–water partition coefficient (Wildman–Crippen LogP) is 0.576. The van der Waals surface area contributed by atoms with Crippen molar-refractivity contribution in [3.63, 3.8) is 0 Å². The molecule has 17 heavy (non-hydrogen) atoms. The Morgan fingerprint density at radius 2 is 2.12 bits per heavy atom. The molecule has 4 heteroatoms. The van der Waals surface area contributed by atoms with Crippen molar-refractivity contribution >= 4 is 12.0 Å². The van der Waals surface area contributed by atoms with Crippen LogP contribution in [0.5, 0.6) is 0 Å². The van der Waals surface area contributed by atoms with Crippen molar-refractivity contribution < 1.29 is 14.6 Å². The minimum atomic E-state index is -0.607. The Labute approximate surface area is 99.9 Å². The van der Waals surface area contributed by atoms with Crippen LogP contribution in [0.3, 0.4) is 0 Å². The van der Waals surface area contributed by atoms with Gasteiger partial charge in [-0.15, -0.1) is 0 Å². The highest BCUT2D eigenvalue weighted by Gasteiger charge is 2.26. The second kappa shape index (κ2) is 5.61. The number of benzene rings is 1. The molecule has 1 aromatic carbocycles. The van der Waals surface area contributed by atoms with Crippen molar-refractivity contribution in [3.05, 3.63) is 42.0 Å². The van der Waals surface area contributed by atoms with Gasteiger partial charge in [-0.1, -0.05) is 30.3 Å². The van der Waals surface area contributed by atoms with E-state index in [1.807, 2.05) is 30.3 Å². The summed E-state index contributed by atoms with van der Waals surface area (Å²) in [6, 6.07) is 9.26. The smallest absolute Gasteiger partial charge is 0.244 e. The van der Waals surface area contributed by atoms with Crippen molar-refractivity contribution in [1.29, 1.82) is 0 Å². The molecule has 90 valence electrons. The zero-order valence-electron chi connectivity index (χ0n) is 9.37. The molecule has 2 N–H and O–H groups in total. The van der Waals surface area contributed by atoms with Crippen LogP contribution in [0.2, 0.25) is 0 Å². The van der Waals surface area contributed by atoms with Crippen molar-refractivity contribution in [2.75, 3.05) is 13.2 Å². The highest BCUT2D eigenvalue weighted by molar-refractivity contribution is 5.91. The molecule has 1 aliphatic rings. The number of aliphatic hydroxyl groups is 1. The summed E-state index contributed by atoms with van der Waals surface area (Å²) in [7, 11) is 0. The van der Waals surface area contributed by atoms with Gasteiger partial charge in [0.15, 0.2) is 0 Å².